The predicted molar refractivity (Wildman–Crippen MR) is 108 cm³/mol. The molecule has 1 amide bonds. The minimum atomic E-state index is -0.216. The van der Waals surface area contributed by atoms with E-state index in [1.165, 1.54) is 0 Å². The van der Waals surface area contributed by atoms with Crippen molar-refractivity contribution in [3.63, 3.8) is 0 Å². The molecule has 27 heavy (non-hydrogen) atoms. The number of hydrogen-bond acceptors (Lipinski definition) is 4. The normalized spacial score (nSPS) is 12.3. The number of anilines is 1. The summed E-state index contributed by atoms with van der Waals surface area (Å²) in [5.41, 5.74) is 3.49. The molecule has 0 spiro atoms. The van der Waals surface area contributed by atoms with Gasteiger partial charge in [-0.3, -0.25) is 14.5 Å². The van der Waals surface area contributed by atoms with Crippen LogP contribution in [0.15, 0.2) is 47.3 Å². The van der Waals surface area contributed by atoms with Gasteiger partial charge in [0.2, 0.25) is 5.91 Å². The summed E-state index contributed by atoms with van der Waals surface area (Å²) in [6.45, 7) is 6.10. The minimum absolute atomic E-state index is 0.110. The summed E-state index contributed by atoms with van der Waals surface area (Å²) in [4.78, 5) is 34.0. The number of likely N-dealkylation sites (N-methyl/N-ethyl adjacent to an activating group) is 1. The molecule has 140 valence electrons. The van der Waals surface area contributed by atoms with Gasteiger partial charge < -0.3 is 10.3 Å². The highest BCUT2D eigenvalue weighted by Gasteiger charge is 2.18. The highest BCUT2D eigenvalue weighted by Crippen LogP contribution is 2.19. The molecule has 0 aliphatic heterocycles. The first-order valence-electron chi connectivity index (χ1n) is 8.92. The lowest BCUT2D eigenvalue weighted by Crippen LogP contribution is -2.33. The summed E-state index contributed by atoms with van der Waals surface area (Å²) in [5.74, 6) is 0.432. The molecule has 2 N–H and O–H groups in total. The van der Waals surface area contributed by atoms with E-state index in [2.05, 4.69) is 15.3 Å². The summed E-state index contributed by atoms with van der Waals surface area (Å²) in [6.07, 6.45) is 0. The Morgan fingerprint density at radius 1 is 1.19 bits per heavy atom. The molecule has 0 aliphatic carbocycles. The van der Waals surface area contributed by atoms with Crippen LogP contribution in [0.1, 0.15) is 29.9 Å². The topological polar surface area (TPSA) is 78.1 Å². The number of carbonyl (C=O) groups excluding carboxylic acids is 1. The van der Waals surface area contributed by atoms with E-state index >= 15 is 0 Å². The van der Waals surface area contributed by atoms with Gasteiger partial charge in [0.1, 0.15) is 5.82 Å². The number of nitrogens with one attached hydrogen (secondary N) is 2. The molecule has 0 bridgehead atoms. The van der Waals surface area contributed by atoms with Gasteiger partial charge in [0, 0.05) is 5.69 Å². The number of aromatic nitrogens is 2. The number of nitrogens with zero attached hydrogens (tertiary/aromatic N) is 2. The Balaban J connectivity index is 1.74. The molecule has 0 aliphatic rings. The van der Waals surface area contributed by atoms with Crippen molar-refractivity contribution >= 4 is 22.5 Å². The third-order valence-corrected chi connectivity index (χ3v) is 4.96. The molecule has 0 saturated carbocycles. The van der Waals surface area contributed by atoms with Crippen LogP contribution >= 0.6 is 0 Å². The first kappa shape index (κ1) is 18.8. The van der Waals surface area contributed by atoms with E-state index in [4.69, 9.17) is 0 Å². The largest absolute Gasteiger partial charge is 0.325 e. The summed E-state index contributed by atoms with van der Waals surface area (Å²) >= 11 is 0. The average molecular weight is 364 g/mol. The number of benzene rings is 2. The second kappa shape index (κ2) is 7.72. The Bertz CT molecular complexity index is 1040. The number of aryl methyl sites for hydroxylation is 1. The van der Waals surface area contributed by atoms with Gasteiger partial charge in [0.05, 0.1) is 23.5 Å². The Morgan fingerprint density at radius 2 is 1.93 bits per heavy atom. The molecule has 1 atom stereocenters. The van der Waals surface area contributed by atoms with Crippen molar-refractivity contribution in [1.82, 2.24) is 14.9 Å². The van der Waals surface area contributed by atoms with E-state index in [-0.39, 0.29) is 24.1 Å². The highest BCUT2D eigenvalue weighted by molar-refractivity contribution is 5.93. The number of carbonyl (C=O) groups is 1. The van der Waals surface area contributed by atoms with Gasteiger partial charge >= 0.3 is 0 Å². The van der Waals surface area contributed by atoms with Crippen LogP contribution in [0.3, 0.4) is 0 Å². The Labute approximate surface area is 158 Å². The van der Waals surface area contributed by atoms with E-state index in [9.17, 15) is 9.59 Å². The maximum Gasteiger partial charge on any atom is 0.258 e. The number of fused-ring (bicyclic) bond motifs is 1. The molecule has 0 unspecified atom stereocenters. The lowest BCUT2D eigenvalue weighted by molar-refractivity contribution is -0.117. The lowest BCUT2D eigenvalue weighted by Gasteiger charge is -2.23. The van der Waals surface area contributed by atoms with E-state index < -0.39 is 0 Å². The standard InChI is InChI=1S/C21H24N4O2/c1-13-8-7-11-17(14(13)2)22-19(26)12-25(4)15(3)20-23-18-10-6-5-9-16(18)21(27)24-20/h5-11,15H,12H2,1-4H3,(H,22,26)(H,23,24,27)/t15-/m1/s1. The molecule has 1 aromatic heterocycles. The minimum Gasteiger partial charge on any atom is -0.325 e. The van der Waals surface area contributed by atoms with Crippen LogP contribution in [0.25, 0.3) is 10.9 Å². The first-order valence-corrected chi connectivity index (χ1v) is 8.92. The molecule has 2 aromatic carbocycles. The van der Waals surface area contributed by atoms with Gasteiger partial charge in [-0.05, 0) is 57.1 Å². The van der Waals surface area contributed by atoms with Crippen LogP contribution in [-0.4, -0.2) is 34.4 Å². The summed E-state index contributed by atoms with van der Waals surface area (Å²) in [7, 11) is 1.84. The van der Waals surface area contributed by atoms with Crippen molar-refractivity contribution < 1.29 is 4.79 Å². The molecular formula is C21H24N4O2. The van der Waals surface area contributed by atoms with Gasteiger partial charge in [-0.2, -0.15) is 0 Å². The number of aromatic amines is 1. The molecule has 6 heteroatoms. The van der Waals surface area contributed by atoms with E-state index in [0.29, 0.717) is 16.7 Å². The molecule has 0 fully saturated rings. The van der Waals surface area contributed by atoms with Crippen molar-refractivity contribution in [2.75, 3.05) is 18.9 Å². The lowest BCUT2D eigenvalue weighted by atomic mass is 10.1. The zero-order valence-corrected chi connectivity index (χ0v) is 16.0. The smallest absolute Gasteiger partial charge is 0.258 e. The molecule has 0 saturated heterocycles. The highest BCUT2D eigenvalue weighted by atomic mass is 16.2. The number of amides is 1. The second-order valence-corrected chi connectivity index (χ2v) is 6.86. The van der Waals surface area contributed by atoms with Gasteiger partial charge in [-0.15, -0.1) is 0 Å². The van der Waals surface area contributed by atoms with Crippen LogP contribution < -0.4 is 10.9 Å². The molecule has 3 rings (SSSR count). The van der Waals surface area contributed by atoms with Crippen LogP contribution in [0.2, 0.25) is 0 Å². The number of rotatable bonds is 5. The Hall–Kier alpha value is -2.99. The van der Waals surface area contributed by atoms with Crippen LogP contribution in [0.5, 0.6) is 0 Å². The van der Waals surface area contributed by atoms with Crippen molar-refractivity contribution in [3.05, 3.63) is 69.8 Å². The molecule has 0 radical (unpaired) electrons. The number of hydrogen-bond donors (Lipinski definition) is 2. The maximum atomic E-state index is 12.5. The van der Waals surface area contributed by atoms with Crippen molar-refractivity contribution in [2.45, 2.75) is 26.8 Å². The Morgan fingerprint density at radius 3 is 2.70 bits per heavy atom. The Kier molecular flexibility index (Phi) is 5.37. The molecular weight excluding hydrogens is 340 g/mol. The predicted octanol–water partition coefficient (Wildman–Crippen LogP) is 3.17. The van der Waals surface area contributed by atoms with E-state index in [1.807, 2.05) is 69.1 Å². The molecule has 1 heterocycles. The van der Waals surface area contributed by atoms with E-state index in [0.717, 1.165) is 16.8 Å². The fourth-order valence-electron chi connectivity index (χ4n) is 2.95. The second-order valence-electron chi connectivity index (χ2n) is 6.86. The van der Waals surface area contributed by atoms with Crippen molar-refractivity contribution in [2.24, 2.45) is 0 Å². The third kappa shape index (κ3) is 4.06. The third-order valence-electron chi connectivity index (χ3n) is 4.96. The van der Waals surface area contributed by atoms with E-state index in [1.54, 1.807) is 6.07 Å². The first-order chi connectivity index (χ1) is 12.9. The zero-order valence-electron chi connectivity index (χ0n) is 16.0. The number of para-hydroxylation sites is 1. The fourth-order valence-corrected chi connectivity index (χ4v) is 2.95. The quantitative estimate of drug-likeness (QED) is 0.729. The average Bonchev–Trinajstić information content (AvgIpc) is 2.64. The van der Waals surface area contributed by atoms with Crippen molar-refractivity contribution in [3.8, 4) is 0 Å². The van der Waals surface area contributed by atoms with Crippen molar-refractivity contribution in [1.29, 1.82) is 0 Å². The van der Waals surface area contributed by atoms with Gasteiger partial charge in [0.15, 0.2) is 0 Å². The summed E-state index contributed by atoms with van der Waals surface area (Å²) < 4.78 is 0. The van der Waals surface area contributed by atoms with Crippen LogP contribution in [0.4, 0.5) is 5.69 Å². The number of H-pyrrole nitrogens is 1. The molecule has 3 aromatic rings. The van der Waals surface area contributed by atoms with Gasteiger partial charge in [0.25, 0.3) is 5.56 Å². The summed E-state index contributed by atoms with van der Waals surface area (Å²) in [5, 5.41) is 3.52. The SMILES string of the molecule is Cc1cccc(NC(=O)CN(C)[C@H](C)c2nc3ccccc3c(=O)[nH]2)c1C. The van der Waals surface area contributed by atoms with Gasteiger partial charge in [-0.25, -0.2) is 4.98 Å². The zero-order chi connectivity index (χ0) is 19.6. The van der Waals surface area contributed by atoms with Crippen LogP contribution in [0, 0.1) is 13.8 Å². The van der Waals surface area contributed by atoms with Gasteiger partial charge in [-0.1, -0.05) is 24.3 Å². The fraction of sp³-hybridized carbons (Fsp3) is 0.286. The van der Waals surface area contributed by atoms with Crippen LogP contribution in [-0.2, 0) is 4.79 Å². The maximum absolute atomic E-state index is 12.5. The monoisotopic (exact) mass is 364 g/mol. The summed E-state index contributed by atoms with van der Waals surface area (Å²) in [6, 6.07) is 12.8. The molecule has 6 nitrogen and oxygen atoms in total.